The number of ether oxygens (including phenoxy) is 2. The van der Waals surface area contributed by atoms with Gasteiger partial charge in [-0.1, -0.05) is 27.2 Å². The highest BCUT2D eigenvalue weighted by Gasteiger charge is 2.33. The van der Waals surface area contributed by atoms with Crippen molar-refractivity contribution in [2.24, 2.45) is 17.8 Å². The molecule has 1 aliphatic carbocycles. The van der Waals surface area contributed by atoms with Crippen LogP contribution in [0.5, 0.6) is 0 Å². The molecule has 3 atom stereocenters. The SMILES string of the molecule is CC(C)[C@H]1CC[C@@H](C)C[C@@H]1OC(=O)COC(=O)c1ccc(=O)[nH]c1. The van der Waals surface area contributed by atoms with Gasteiger partial charge in [-0.05, 0) is 36.7 Å². The van der Waals surface area contributed by atoms with Crippen LogP contribution in [0.3, 0.4) is 0 Å². The first-order chi connectivity index (χ1) is 11.4. The molecule has 1 fully saturated rings. The average molecular weight is 335 g/mol. The van der Waals surface area contributed by atoms with Crippen LogP contribution < -0.4 is 5.56 Å². The number of carbonyl (C=O) groups excluding carboxylic acids is 2. The molecule has 1 saturated carbocycles. The third kappa shape index (κ3) is 4.94. The summed E-state index contributed by atoms with van der Waals surface area (Å²) in [5.74, 6) is 0.124. The van der Waals surface area contributed by atoms with Gasteiger partial charge in [-0.2, -0.15) is 0 Å². The van der Waals surface area contributed by atoms with E-state index in [4.69, 9.17) is 9.47 Å². The van der Waals surface area contributed by atoms with Crippen LogP contribution in [0.4, 0.5) is 0 Å². The lowest BCUT2D eigenvalue weighted by atomic mass is 9.75. The van der Waals surface area contributed by atoms with E-state index < -0.39 is 18.5 Å². The number of carbonyl (C=O) groups is 2. The third-order valence-electron chi connectivity index (χ3n) is 4.59. The first kappa shape index (κ1) is 18.2. The molecule has 0 radical (unpaired) electrons. The van der Waals surface area contributed by atoms with Crippen molar-refractivity contribution in [2.75, 3.05) is 6.61 Å². The van der Waals surface area contributed by atoms with Gasteiger partial charge < -0.3 is 14.5 Å². The van der Waals surface area contributed by atoms with Crippen molar-refractivity contribution in [1.29, 1.82) is 0 Å². The Morgan fingerprint density at radius 3 is 2.67 bits per heavy atom. The van der Waals surface area contributed by atoms with Crippen LogP contribution in [0.2, 0.25) is 0 Å². The molecule has 1 aromatic heterocycles. The van der Waals surface area contributed by atoms with Gasteiger partial charge in [0, 0.05) is 12.3 Å². The second-order valence-electron chi connectivity index (χ2n) is 6.87. The molecule has 0 spiro atoms. The van der Waals surface area contributed by atoms with Crippen LogP contribution in [0.1, 0.15) is 50.4 Å². The number of esters is 2. The molecule has 1 aromatic rings. The van der Waals surface area contributed by atoms with E-state index in [9.17, 15) is 14.4 Å². The largest absolute Gasteiger partial charge is 0.460 e. The molecule has 6 heteroatoms. The molecular weight excluding hydrogens is 310 g/mol. The maximum absolute atomic E-state index is 12.0. The van der Waals surface area contributed by atoms with Crippen LogP contribution in [-0.2, 0) is 14.3 Å². The van der Waals surface area contributed by atoms with Crippen molar-refractivity contribution in [3.63, 3.8) is 0 Å². The molecule has 0 aliphatic heterocycles. The van der Waals surface area contributed by atoms with Crippen molar-refractivity contribution in [3.05, 3.63) is 34.2 Å². The Bertz CT molecular complexity index is 616. The second-order valence-corrected chi connectivity index (χ2v) is 6.87. The predicted molar refractivity (Wildman–Crippen MR) is 88.6 cm³/mol. The number of hydrogen-bond donors (Lipinski definition) is 1. The minimum Gasteiger partial charge on any atom is -0.460 e. The Labute approximate surface area is 141 Å². The Hall–Kier alpha value is -2.11. The Morgan fingerprint density at radius 2 is 2.04 bits per heavy atom. The van der Waals surface area contributed by atoms with Gasteiger partial charge in [0.2, 0.25) is 5.56 Å². The van der Waals surface area contributed by atoms with Gasteiger partial charge in [0.25, 0.3) is 0 Å². The molecule has 1 N–H and O–H groups in total. The fourth-order valence-electron chi connectivity index (χ4n) is 3.20. The molecule has 0 bridgehead atoms. The molecule has 132 valence electrons. The van der Waals surface area contributed by atoms with Crippen molar-refractivity contribution in [1.82, 2.24) is 4.98 Å². The Morgan fingerprint density at radius 1 is 1.29 bits per heavy atom. The summed E-state index contributed by atoms with van der Waals surface area (Å²) in [6.45, 7) is 6.01. The maximum Gasteiger partial charge on any atom is 0.344 e. The van der Waals surface area contributed by atoms with Crippen molar-refractivity contribution < 1.29 is 19.1 Å². The van der Waals surface area contributed by atoms with Crippen LogP contribution in [0.25, 0.3) is 0 Å². The topological polar surface area (TPSA) is 85.5 Å². The van der Waals surface area contributed by atoms with Crippen LogP contribution in [-0.4, -0.2) is 29.6 Å². The fourth-order valence-corrected chi connectivity index (χ4v) is 3.20. The first-order valence-corrected chi connectivity index (χ1v) is 8.42. The summed E-state index contributed by atoms with van der Waals surface area (Å²) in [5, 5.41) is 0. The number of nitrogens with one attached hydrogen (secondary N) is 1. The summed E-state index contributed by atoms with van der Waals surface area (Å²) in [4.78, 5) is 37.2. The lowest BCUT2D eigenvalue weighted by molar-refractivity contribution is -0.159. The van der Waals surface area contributed by atoms with Gasteiger partial charge in [0.05, 0.1) is 5.56 Å². The summed E-state index contributed by atoms with van der Waals surface area (Å²) in [6.07, 6.45) is 4.19. The monoisotopic (exact) mass is 335 g/mol. The zero-order valence-electron chi connectivity index (χ0n) is 14.4. The molecular formula is C18H25NO5. The number of pyridine rings is 1. The van der Waals surface area contributed by atoms with Gasteiger partial charge in [-0.3, -0.25) is 4.79 Å². The van der Waals surface area contributed by atoms with Crippen LogP contribution >= 0.6 is 0 Å². The van der Waals surface area contributed by atoms with E-state index in [1.165, 1.54) is 18.3 Å². The van der Waals surface area contributed by atoms with E-state index in [1.54, 1.807) is 0 Å². The highest BCUT2D eigenvalue weighted by Crippen LogP contribution is 2.35. The summed E-state index contributed by atoms with van der Waals surface area (Å²) < 4.78 is 10.5. The zero-order chi connectivity index (χ0) is 17.7. The predicted octanol–water partition coefficient (Wildman–Crippen LogP) is 2.54. The molecule has 0 unspecified atom stereocenters. The molecule has 24 heavy (non-hydrogen) atoms. The highest BCUT2D eigenvalue weighted by atomic mass is 16.6. The molecule has 1 aliphatic rings. The van der Waals surface area contributed by atoms with Gasteiger partial charge in [-0.15, -0.1) is 0 Å². The molecule has 0 saturated heterocycles. The Balaban J connectivity index is 1.86. The smallest absolute Gasteiger partial charge is 0.344 e. The lowest BCUT2D eigenvalue weighted by Crippen LogP contribution is -2.36. The molecule has 1 heterocycles. The van der Waals surface area contributed by atoms with Crippen molar-refractivity contribution >= 4 is 11.9 Å². The van der Waals surface area contributed by atoms with E-state index in [0.29, 0.717) is 17.8 Å². The van der Waals surface area contributed by atoms with Gasteiger partial charge in [0.1, 0.15) is 6.10 Å². The molecule has 2 rings (SSSR count). The summed E-state index contributed by atoms with van der Waals surface area (Å²) in [7, 11) is 0. The van der Waals surface area contributed by atoms with Crippen LogP contribution in [0.15, 0.2) is 23.1 Å². The standard InChI is InChI=1S/C18H25NO5/c1-11(2)14-6-4-12(3)8-15(14)24-17(21)10-23-18(22)13-5-7-16(20)19-9-13/h5,7,9,11-12,14-15H,4,6,8,10H2,1-3H3,(H,19,20)/t12-,14-,15+/m1/s1. The number of rotatable bonds is 5. The zero-order valence-corrected chi connectivity index (χ0v) is 14.4. The molecule has 0 aromatic carbocycles. The van der Waals surface area contributed by atoms with Crippen molar-refractivity contribution in [2.45, 2.75) is 46.1 Å². The fraction of sp³-hybridized carbons (Fsp3) is 0.611. The van der Waals surface area contributed by atoms with E-state index in [1.807, 2.05) is 0 Å². The number of aromatic nitrogens is 1. The minimum absolute atomic E-state index is 0.118. The van der Waals surface area contributed by atoms with E-state index in [2.05, 4.69) is 25.8 Å². The number of H-pyrrole nitrogens is 1. The van der Waals surface area contributed by atoms with Crippen LogP contribution in [0, 0.1) is 17.8 Å². The number of hydrogen-bond acceptors (Lipinski definition) is 5. The minimum atomic E-state index is -0.666. The quantitative estimate of drug-likeness (QED) is 0.836. The van der Waals surface area contributed by atoms with Gasteiger partial charge in [-0.25, -0.2) is 9.59 Å². The van der Waals surface area contributed by atoms with E-state index >= 15 is 0 Å². The second kappa shape index (κ2) is 8.13. The third-order valence-corrected chi connectivity index (χ3v) is 4.59. The summed E-state index contributed by atoms with van der Waals surface area (Å²) in [5.41, 5.74) is -0.120. The molecule has 0 amide bonds. The summed E-state index contributed by atoms with van der Waals surface area (Å²) >= 11 is 0. The number of aromatic amines is 1. The van der Waals surface area contributed by atoms with E-state index in [0.717, 1.165) is 19.3 Å². The van der Waals surface area contributed by atoms with Gasteiger partial charge >= 0.3 is 11.9 Å². The average Bonchev–Trinajstić information content (AvgIpc) is 2.53. The van der Waals surface area contributed by atoms with Crippen molar-refractivity contribution in [3.8, 4) is 0 Å². The maximum atomic E-state index is 12.0. The first-order valence-electron chi connectivity index (χ1n) is 8.42. The summed E-state index contributed by atoms with van der Waals surface area (Å²) in [6, 6.07) is 2.58. The normalized spacial score (nSPS) is 23.8. The Kier molecular flexibility index (Phi) is 6.17. The van der Waals surface area contributed by atoms with E-state index in [-0.39, 0.29) is 17.2 Å². The molecule has 6 nitrogen and oxygen atoms in total. The lowest BCUT2D eigenvalue weighted by Gasteiger charge is -2.36. The van der Waals surface area contributed by atoms with Gasteiger partial charge in [0.15, 0.2) is 6.61 Å². The highest BCUT2D eigenvalue weighted by molar-refractivity contribution is 5.90.